The van der Waals surface area contributed by atoms with Gasteiger partial charge in [-0.15, -0.1) is 0 Å². The predicted octanol–water partition coefficient (Wildman–Crippen LogP) is -1.11. The van der Waals surface area contributed by atoms with Gasteiger partial charge in [0, 0.05) is 12.3 Å². The summed E-state index contributed by atoms with van der Waals surface area (Å²) in [5.74, 6) is -0.398. The molecule has 1 unspecified atom stereocenters. The van der Waals surface area contributed by atoms with Crippen molar-refractivity contribution >= 4 is 12.0 Å². The Morgan fingerprint density at radius 1 is 1.59 bits per heavy atom. The van der Waals surface area contributed by atoms with Crippen molar-refractivity contribution in [3.8, 4) is 0 Å². The minimum Gasteiger partial charge on any atom is -0.337 e. The zero-order valence-corrected chi connectivity index (χ0v) is 9.32. The Balaban J connectivity index is 2.74. The van der Waals surface area contributed by atoms with Gasteiger partial charge in [-0.3, -0.25) is 14.6 Å². The molecule has 7 nitrogen and oxygen atoms in total. The molecule has 1 aromatic heterocycles. The van der Waals surface area contributed by atoms with E-state index in [0.29, 0.717) is 6.42 Å². The highest BCUT2D eigenvalue weighted by atomic mass is 16.2. The molecule has 0 bridgehead atoms. The third-order valence-electron chi connectivity index (χ3n) is 2.03. The summed E-state index contributed by atoms with van der Waals surface area (Å²) in [6.07, 6.45) is 3.90. The SMILES string of the molecule is CCC(N)NC(=O)/C=C/c1c[nH]c(=O)[nH]c1=O. The molecule has 0 aromatic carbocycles. The maximum atomic E-state index is 11.3. The van der Waals surface area contributed by atoms with Crippen LogP contribution in [0.3, 0.4) is 0 Å². The number of hydrogen-bond acceptors (Lipinski definition) is 4. The molecule has 0 saturated heterocycles. The quantitative estimate of drug-likeness (QED) is 0.392. The van der Waals surface area contributed by atoms with E-state index >= 15 is 0 Å². The van der Waals surface area contributed by atoms with Crippen LogP contribution < -0.4 is 22.3 Å². The van der Waals surface area contributed by atoms with E-state index in [1.165, 1.54) is 18.3 Å². The van der Waals surface area contributed by atoms with Gasteiger partial charge in [-0.2, -0.15) is 0 Å². The van der Waals surface area contributed by atoms with E-state index in [2.05, 4.69) is 10.3 Å². The average molecular weight is 238 g/mol. The number of aromatic amines is 2. The first-order chi connectivity index (χ1) is 8.02. The molecule has 1 heterocycles. The van der Waals surface area contributed by atoms with E-state index in [1.54, 1.807) is 0 Å². The summed E-state index contributed by atoms with van der Waals surface area (Å²) in [6, 6.07) is 0. The molecular weight excluding hydrogens is 224 g/mol. The van der Waals surface area contributed by atoms with E-state index in [0.717, 1.165) is 0 Å². The van der Waals surface area contributed by atoms with Crippen molar-refractivity contribution in [2.45, 2.75) is 19.5 Å². The smallest absolute Gasteiger partial charge is 0.325 e. The van der Waals surface area contributed by atoms with Gasteiger partial charge in [0.1, 0.15) is 0 Å². The molecule has 92 valence electrons. The van der Waals surface area contributed by atoms with Crippen LogP contribution in [0, 0.1) is 0 Å². The fourth-order valence-electron chi connectivity index (χ4n) is 1.04. The molecule has 17 heavy (non-hydrogen) atoms. The minimum atomic E-state index is -0.593. The molecule has 1 amide bonds. The summed E-state index contributed by atoms with van der Waals surface area (Å²) in [5.41, 5.74) is 4.55. The lowest BCUT2D eigenvalue weighted by Crippen LogP contribution is -2.39. The van der Waals surface area contributed by atoms with Gasteiger partial charge in [0.2, 0.25) is 5.91 Å². The summed E-state index contributed by atoms with van der Waals surface area (Å²) in [6.45, 7) is 1.83. The molecule has 0 radical (unpaired) electrons. The molecule has 1 aromatic rings. The van der Waals surface area contributed by atoms with Crippen LogP contribution in [-0.2, 0) is 4.79 Å². The maximum Gasteiger partial charge on any atom is 0.325 e. The first-order valence-corrected chi connectivity index (χ1v) is 5.09. The van der Waals surface area contributed by atoms with Crippen molar-refractivity contribution in [3.05, 3.63) is 38.7 Å². The van der Waals surface area contributed by atoms with Gasteiger partial charge in [-0.25, -0.2) is 4.79 Å². The highest BCUT2D eigenvalue weighted by molar-refractivity contribution is 5.91. The zero-order chi connectivity index (χ0) is 12.8. The Kier molecular flexibility index (Phi) is 4.41. The van der Waals surface area contributed by atoms with Crippen LogP contribution in [0.15, 0.2) is 21.9 Å². The van der Waals surface area contributed by atoms with Crippen molar-refractivity contribution in [1.29, 1.82) is 0 Å². The van der Waals surface area contributed by atoms with Gasteiger partial charge in [-0.1, -0.05) is 6.92 Å². The number of carbonyl (C=O) groups excluding carboxylic acids is 1. The van der Waals surface area contributed by atoms with Crippen molar-refractivity contribution in [2.24, 2.45) is 5.73 Å². The molecule has 5 N–H and O–H groups in total. The van der Waals surface area contributed by atoms with Gasteiger partial charge in [0.05, 0.1) is 11.7 Å². The molecule has 1 rings (SSSR count). The summed E-state index contributed by atoms with van der Waals surface area (Å²) >= 11 is 0. The molecule has 0 aliphatic rings. The fraction of sp³-hybridized carbons (Fsp3) is 0.300. The van der Waals surface area contributed by atoms with Crippen LogP contribution in [-0.4, -0.2) is 22.0 Å². The van der Waals surface area contributed by atoms with Gasteiger partial charge in [0.15, 0.2) is 0 Å². The first-order valence-electron chi connectivity index (χ1n) is 5.09. The van der Waals surface area contributed by atoms with Gasteiger partial charge >= 0.3 is 5.69 Å². The van der Waals surface area contributed by atoms with Crippen LogP contribution in [0.5, 0.6) is 0 Å². The van der Waals surface area contributed by atoms with Crippen molar-refractivity contribution in [3.63, 3.8) is 0 Å². The Morgan fingerprint density at radius 3 is 2.88 bits per heavy atom. The molecule has 0 aliphatic carbocycles. The number of amides is 1. The van der Waals surface area contributed by atoms with Crippen molar-refractivity contribution in [1.82, 2.24) is 15.3 Å². The van der Waals surface area contributed by atoms with Crippen LogP contribution in [0.1, 0.15) is 18.9 Å². The number of nitrogens with one attached hydrogen (secondary N) is 3. The second-order valence-electron chi connectivity index (χ2n) is 3.38. The highest BCUT2D eigenvalue weighted by Crippen LogP contribution is 1.90. The molecule has 0 saturated carbocycles. The third-order valence-corrected chi connectivity index (χ3v) is 2.03. The Hall–Kier alpha value is -2.15. The lowest BCUT2D eigenvalue weighted by Gasteiger charge is -2.08. The van der Waals surface area contributed by atoms with Crippen molar-refractivity contribution in [2.75, 3.05) is 0 Å². The topological polar surface area (TPSA) is 121 Å². The molecule has 0 fully saturated rings. The highest BCUT2D eigenvalue weighted by Gasteiger charge is 2.02. The Bertz CT molecular complexity index is 529. The number of H-pyrrole nitrogens is 2. The van der Waals surface area contributed by atoms with Crippen LogP contribution in [0.25, 0.3) is 6.08 Å². The second-order valence-corrected chi connectivity index (χ2v) is 3.38. The van der Waals surface area contributed by atoms with Gasteiger partial charge in [-0.05, 0) is 12.5 Å². The van der Waals surface area contributed by atoms with E-state index in [4.69, 9.17) is 5.73 Å². The van der Waals surface area contributed by atoms with Crippen molar-refractivity contribution < 1.29 is 4.79 Å². The number of aromatic nitrogens is 2. The van der Waals surface area contributed by atoms with E-state index in [1.807, 2.05) is 11.9 Å². The molecule has 0 aliphatic heterocycles. The van der Waals surface area contributed by atoms with Crippen LogP contribution in [0.2, 0.25) is 0 Å². The minimum absolute atomic E-state index is 0.185. The summed E-state index contributed by atoms with van der Waals surface area (Å²) < 4.78 is 0. The fourth-order valence-corrected chi connectivity index (χ4v) is 1.04. The van der Waals surface area contributed by atoms with Gasteiger partial charge < -0.3 is 16.0 Å². The van der Waals surface area contributed by atoms with E-state index < -0.39 is 23.3 Å². The number of hydrogen-bond donors (Lipinski definition) is 4. The number of carbonyl (C=O) groups is 1. The number of nitrogens with two attached hydrogens (primary N) is 1. The van der Waals surface area contributed by atoms with E-state index in [-0.39, 0.29) is 5.56 Å². The normalized spacial score (nSPS) is 12.6. The zero-order valence-electron chi connectivity index (χ0n) is 9.32. The predicted molar refractivity (Wildman–Crippen MR) is 63.1 cm³/mol. The van der Waals surface area contributed by atoms with Crippen LogP contribution >= 0.6 is 0 Å². The molecular formula is C10H14N4O3. The maximum absolute atomic E-state index is 11.3. The number of rotatable bonds is 4. The average Bonchev–Trinajstić information content (AvgIpc) is 2.27. The van der Waals surface area contributed by atoms with E-state index in [9.17, 15) is 14.4 Å². The van der Waals surface area contributed by atoms with Gasteiger partial charge in [0.25, 0.3) is 5.56 Å². The monoisotopic (exact) mass is 238 g/mol. The van der Waals surface area contributed by atoms with Crippen LogP contribution in [0.4, 0.5) is 0 Å². The summed E-state index contributed by atoms with van der Waals surface area (Å²) in [5, 5.41) is 2.50. The summed E-state index contributed by atoms with van der Waals surface area (Å²) in [7, 11) is 0. The molecule has 0 spiro atoms. The Morgan fingerprint density at radius 2 is 2.29 bits per heavy atom. The standard InChI is InChI=1S/C10H14N4O3/c1-2-7(11)13-8(15)4-3-6-5-12-10(17)14-9(6)16/h3-5,7H,2,11H2,1H3,(H,13,15)(H2,12,14,16,17)/b4-3+. The summed E-state index contributed by atoms with van der Waals surface area (Å²) in [4.78, 5) is 37.6. The lowest BCUT2D eigenvalue weighted by atomic mass is 10.3. The lowest BCUT2D eigenvalue weighted by molar-refractivity contribution is -0.117. The first kappa shape index (κ1) is 12.9. The largest absolute Gasteiger partial charge is 0.337 e. The molecule has 1 atom stereocenters. The second kappa shape index (κ2) is 5.80. The Labute approximate surface area is 96.7 Å². The molecule has 7 heteroatoms. The third kappa shape index (κ3) is 4.07.